The standard InChI is InChI=1S/C24H27N3O2/c1-17-7-6-8-19(15-17)23-25-21(29-26-23)16-27(5)22(28)14-11-18-9-12-20(13-10-18)24(2,3)4/h6-15H,16H2,1-5H3/b14-11+. The average Bonchev–Trinajstić information content (AvgIpc) is 3.14. The first-order chi connectivity index (χ1) is 13.7. The molecule has 3 rings (SSSR count). The van der Waals surface area contributed by atoms with Crippen LogP contribution in [0.5, 0.6) is 0 Å². The smallest absolute Gasteiger partial charge is 0.246 e. The van der Waals surface area contributed by atoms with E-state index in [2.05, 4.69) is 43.0 Å². The summed E-state index contributed by atoms with van der Waals surface area (Å²) in [5, 5.41) is 4.02. The summed E-state index contributed by atoms with van der Waals surface area (Å²) in [7, 11) is 1.71. The molecule has 3 aromatic rings. The molecule has 0 atom stereocenters. The maximum atomic E-state index is 12.4. The third-order valence-electron chi connectivity index (χ3n) is 4.69. The number of likely N-dealkylation sites (N-methyl/N-ethyl adjacent to an activating group) is 1. The van der Waals surface area contributed by atoms with Gasteiger partial charge in [0.25, 0.3) is 0 Å². The zero-order valence-electron chi connectivity index (χ0n) is 17.6. The second-order valence-corrected chi connectivity index (χ2v) is 8.28. The molecule has 0 saturated heterocycles. The molecule has 0 aliphatic carbocycles. The van der Waals surface area contributed by atoms with Crippen LogP contribution in [0.25, 0.3) is 17.5 Å². The fraction of sp³-hybridized carbons (Fsp3) is 0.292. The summed E-state index contributed by atoms with van der Waals surface area (Å²) >= 11 is 0. The Bertz CT molecular complexity index is 1010. The lowest BCUT2D eigenvalue weighted by atomic mass is 9.87. The molecule has 0 spiro atoms. The number of carbonyl (C=O) groups is 1. The Morgan fingerprint density at radius 1 is 1.14 bits per heavy atom. The molecule has 0 aliphatic heterocycles. The fourth-order valence-electron chi connectivity index (χ4n) is 2.89. The topological polar surface area (TPSA) is 59.2 Å². The van der Waals surface area contributed by atoms with E-state index in [1.165, 1.54) is 5.56 Å². The number of rotatable bonds is 5. The van der Waals surface area contributed by atoms with Crippen LogP contribution in [0, 0.1) is 6.92 Å². The van der Waals surface area contributed by atoms with Crippen molar-refractivity contribution >= 4 is 12.0 Å². The number of aryl methyl sites for hydroxylation is 1. The van der Waals surface area contributed by atoms with Gasteiger partial charge in [-0.3, -0.25) is 4.79 Å². The number of aromatic nitrogens is 2. The maximum absolute atomic E-state index is 12.4. The van der Waals surface area contributed by atoms with E-state index in [0.717, 1.165) is 16.7 Å². The number of carbonyl (C=O) groups excluding carboxylic acids is 1. The molecule has 5 nitrogen and oxygen atoms in total. The lowest BCUT2D eigenvalue weighted by molar-refractivity contribution is -0.125. The normalized spacial score (nSPS) is 11.8. The number of benzene rings is 2. The van der Waals surface area contributed by atoms with Crippen molar-refractivity contribution in [2.75, 3.05) is 7.05 Å². The van der Waals surface area contributed by atoms with Gasteiger partial charge in [-0.15, -0.1) is 0 Å². The molecule has 0 N–H and O–H groups in total. The Morgan fingerprint density at radius 3 is 2.52 bits per heavy atom. The lowest BCUT2D eigenvalue weighted by Crippen LogP contribution is -2.24. The fourth-order valence-corrected chi connectivity index (χ4v) is 2.89. The summed E-state index contributed by atoms with van der Waals surface area (Å²) in [6.45, 7) is 8.81. The number of nitrogens with zero attached hydrogens (tertiary/aromatic N) is 3. The summed E-state index contributed by atoms with van der Waals surface area (Å²) in [5.74, 6) is 0.805. The minimum absolute atomic E-state index is 0.111. The molecule has 1 aromatic heterocycles. The van der Waals surface area contributed by atoms with Gasteiger partial charge in [-0.1, -0.05) is 74.0 Å². The van der Waals surface area contributed by atoms with Crippen molar-refractivity contribution in [3.63, 3.8) is 0 Å². The summed E-state index contributed by atoms with van der Waals surface area (Å²) in [6, 6.07) is 16.1. The highest BCUT2D eigenvalue weighted by molar-refractivity contribution is 5.91. The predicted molar refractivity (Wildman–Crippen MR) is 115 cm³/mol. The van der Waals surface area contributed by atoms with Gasteiger partial charge in [-0.2, -0.15) is 4.98 Å². The van der Waals surface area contributed by atoms with Crippen LogP contribution in [0.15, 0.2) is 59.1 Å². The largest absolute Gasteiger partial charge is 0.337 e. The summed E-state index contributed by atoms with van der Waals surface area (Å²) in [4.78, 5) is 18.4. The van der Waals surface area contributed by atoms with Crippen molar-refractivity contribution in [3.8, 4) is 11.4 Å². The Hall–Kier alpha value is -3.21. The number of hydrogen-bond acceptors (Lipinski definition) is 4. The molecule has 0 radical (unpaired) electrons. The van der Waals surface area contributed by atoms with E-state index in [-0.39, 0.29) is 17.9 Å². The van der Waals surface area contributed by atoms with Crippen LogP contribution in [0.1, 0.15) is 43.4 Å². The van der Waals surface area contributed by atoms with Crippen LogP contribution < -0.4 is 0 Å². The van der Waals surface area contributed by atoms with Crippen LogP contribution in [0.4, 0.5) is 0 Å². The average molecular weight is 389 g/mol. The van der Waals surface area contributed by atoms with Crippen molar-refractivity contribution in [1.29, 1.82) is 0 Å². The van der Waals surface area contributed by atoms with Gasteiger partial charge < -0.3 is 9.42 Å². The van der Waals surface area contributed by atoms with Crippen molar-refractivity contribution in [2.45, 2.75) is 39.7 Å². The van der Waals surface area contributed by atoms with E-state index < -0.39 is 0 Å². The summed E-state index contributed by atoms with van der Waals surface area (Å²) in [5.41, 5.74) is 4.38. The predicted octanol–water partition coefficient (Wildman–Crippen LogP) is 5.01. The first-order valence-electron chi connectivity index (χ1n) is 9.66. The number of hydrogen-bond donors (Lipinski definition) is 0. The SMILES string of the molecule is Cc1cccc(-c2noc(CN(C)C(=O)/C=C/c3ccc(C(C)(C)C)cc3)n2)c1. The van der Waals surface area contributed by atoms with Crippen molar-refractivity contribution < 1.29 is 9.32 Å². The van der Waals surface area contributed by atoms with Gasteiger partial charge in [-0.05, 0) is 35.6 Å². The van der Waals surface area contributed by atoms with E-state index in [9.17, 15) is 4.79 Å². The molecular formula is C24H27N3O2. The van der Waals surface area contributed by atoms with E-state index in [0.29, 0.717) is 11.7 Å². The minimum Gasteiger partial charge on any atom is -0.337 e. The highest BCUT2D eigenvalue weighted by Gasteiger charge is 2.14. The maximum Gasteiger partial charge on any atom is 0.246 e. The molecule has 0 bridgehead atoms. The third kappa shape index (κ3) is 5.41. The zero-order valence-corrected chi connectivity index (χ0v) is 17.6. The highest BCUT2D eigenvalue weighted by atomic mass is 16.5. The molecule has 0 aliphatic rings. The molecule has 1 amide bonds. The lowest BCUT2D eigenvalue weighted by Gasteiger charge is -2.18. The molecule has 29 heavy (non-hydrogen) atoms. The Kier molecular flexibility index (Phi) is 5.97. The zero-order chi connectivity index (χ0) is 21.0. The van der Waals surface area contributed by atoms with Gasteiger partial charge in [0.2, 0.25) is 17.6 Å². The molecule has 5 heteroatoms. The van der Waals surface area contributed by atoms with Gasteiger partial charge in [0, 0.05) is 18.7 Å². The monoisotopic (exact) mass is 389 g/mol. The third-order valence-corrected chi connectivity index (χ3v) is 4.69. The van der Waals surface area contributed by atoms with Crippen LogP contribution in [0.2, 0.25) is 0 Å². The molecular weight excluding hydrogens is 362 g/mol. The summed E-state index contributed by atoms with van der Waals surface area (Å²) < 4.78 is 5.31. The molecule has 2 aromatic carbocycles. The summed E-state index contributed by atoms with van der Waals surface area (Å²) in [6.07, 6.45) is 3.38. The van der Waals surface area contributed by atoms with Crippen molar-refractivity contribution in [1.82, 2.24) is 15.0 Å². The first kappa shape index (κ1) is 20.5. The van der Waals surface area contributed by atoms with E-state index in [4.69, 9.17) is 4.52 Å². The minimum atomic E-state index is -0.125. The van der Waals surface area contributed by atoms with E-state index in [1.807, 2.05) is 49.4 Å². The van der Waals surface area contributed by atoms with Crippen molar-refractivity contribution in [3.05, 3.63) is 77.2 Å². The van der Waals surface area contributed by atoms with E-state index >= 15 is 0 Å². The number of amides is 1. The van der Waals surface area contributed by atoms with E-state index in [1.54, 1.807) is 18.0 Å². The molecule has 0 fully saturated rings. The van der Waals surface area contributed by atoms with Gasteiger partial charge in [0.15, 0.2) is 0 Å². The van der Waals surface area contributed by atoms with Gasteiger partial charge in [0.1, 0.15) is 0 Å². The first-order valence-corrected chi connectivity index (χ1v) is 9.66. The Balaban J connectivity index is 1.61. The quantitative estimate of drug-likeness (QED) is 0.575. The van der Waals surface area contributed by atoms with Crippen LogP contribution >= 0.6 is 0 Å². The van der Waals surface area contributed by atoms with Gasteiger partial charge in [0.05, 0.1) is 6.54 Å². The van der Waals surface area contributed by atoms with Gasteiger partial charge >= 0.3 is 0 Å². The molecule has 0 unspecified atom stereocenters. The Morgan fingerprint density at radius 2 is 1.86 bits per heavy atom. The van der Waals surface area contributed by atoms with Crippen LogP contribution in [0.3, 0.4) is 0 Å². The molecule has 1 heterocycles. The van der Waals surface area contributed by atoms with Crippen molar-refractivity contribution in [2.24, 2.45) is 0 Å². The van der Waals surface area contributed by atoms with Crippen LogP contribution in [-0.4, -0.2) is 28.0 Å². The highest BCUT2D eigenvalue weighted by Crippen LogP contribution is 2.22. The second kappa shape index (κ2) is 8.43. The molecule has 0 saturated carbocycles. The molecule has 150 valence electrons. The Labute approximate surface area is 172 Å². The van der Waals surface area contributed by atoms with Crippen LogP contribution in [-0.2, 0) is 16.8 Å². The van der Waals surface area contributed by atoms with Gasteiger partial charge in [-0.25, -0.2) is 0 Å². The second-order valence-electron chi connectivity index (χ2n) is 8.28.